The number of aryl methyl sites for hydroxylation is 1. The highest BCUT2D eigenvalue weighted by Gasteiger charge is 2.14. The predicted octanol–water partition coefficient (Wildman–Crippen LogP) is 4.89. The summed E-state index contributed by atoms with van der Waals surface area (Å²) in [6.45, 7) is 3.82. The van der Waals surface area contributed by atoms with Crippen molar-refractivity contribution in [2.45, 2.75) is 13.8 Å². The first kappa shape index (κ1) is 16.8. The van der Waals surface area contributed by atoms with Crippen LogP contribution in [-0.4, -0.2) is 15.7 Å². The molecule has 134 valence electrons. The highest BCUT2D eigenvalue weighted by atomic mass is 16.3. The SMILES string of the molecule is Cc1nn(-c2ccccc2)c(C)c1NC(=O)/C=C/c1cc2ccccc2o1. The second kappa shape index (κ2) is 6.96. The minimum absolute atomic E-state index is 0.228. The van der Waals surface area contributed by atoms with Gasteiger partial charge < -0.3 is 9.73 Å². The van der Waals surface area contributed by atoms with Crippen LogP contribution in [0.2, 0.25) is 0 Å². The standard InChI is InChI=1S/C22H19N3O2/c1-15-22(16(2)25(24-15)18-9-4-3-5-10-18)23-21(26)13-12-19-14-17-8-6-7-11-20(17)27-19/h3-14H,1-2H3,(H,23,26)/b13-12+. The number of carbonyl (C=O) groups is 1. The fraction of sp³-hybridized carbons (Fsp3) is 0.0909. The van der Waals surface area contributed by atoms with Crippen molar-refractivity contribution in [3.63, 3.8) is 0 Å². The molecule has 0 spiro atoms. The fourth-order valence-electron chi connectivity index (χ4n) is 3.05. The van der Waals surface area contributed by atoms with Gasteiger partial charge in [0.2, 0.25) is 5.91 Å². The molecular weight excluding hydrogens is 338 g/mol. The molecule has 27 heavy (non-hydrogen) atoms. The average molecular weight is 357 g/mol. The molecule has 5 nitrogen and oxygen atoms in total. The smallest absolute Gasteiger partial charge is 0.248 e. The van der Waals surface area contributed by atoms with Crippen LogP contribution in [0.1, 0.15) is 17.1 Å². The molecule has 4 rings (SSSR count). The van der Waals surface area contributed by atoms with Crippen molar-refractivity contribution in [1.29, 1.82) is 0 Å². The summed E-state index contributed by atoms with van der Waals surface area (Å²) in [6, 6.07) is 19.5. The molecule has 1 N–H and O–H groups in total. The van der Waals surface area contributed by atoms with E-state index in [9.17, 15) is 4.79 Å². The summed E-state index contributed by atoms with van der Waals surface area (Å²) in [5.41, 5.74) is 4.12. The molecule has 2 aromatic heterocycles. The van der Waals surface area contributed by atoms with Crippen molar-refractivity contribution in [1.82, 2.24) is 9.78 Å². The lowest BCUT2D eigenvalue weighted by Gasteiger charge is -2.05. The minimum atomic E-state index is -0.228. The van der Waals surface area contributed by atoms with Gasteiger partial charge in [0.25, 0.3) is 0 Å². The van der Waals surface area contributed by atoms with Gasteiger partial charge in [-0.1, -0.05) is 36.4 Å². The minimum Gasteiger partial charge on any atom is -0.457 e. The van der Waals surface area contributed by atoms with Crippen LogP contribution in [-0.2, 0) is 4.79 Å². The van der Waals surface area contributed by atoms with E-state index in [1.807, 2.05) is 79.2 Å². The van der Waals surface area contributed by atoms with Crippen molar-refractivity contribution in [2.24, 2.45) is 0 Å². The molecule has 0 atom stereocenters. The van der Waals surface area contributed by atoms with Crippen LogP contribution in [0.5, 0.6) is 0 Å². The monoisotopic (exact) mass is 357 g/mol. The predicted molar refractivity (Wildman–Crippen MR) is 107 cm³/mol. The first-order valence-corrected chi connectivity index (χ1v) is 8.71. The van der Waals surface area contributed by atoms with Gasteiger partial charge in [-0.3, -0.25) is 4.79 Å². The van der Waals surface area contributed by atoms with Crippen LogP contribution in [0, 0.1) is 13.8 Å². The maximum Gasteiger partial charge on any atom is 0.248 e. The Labute approximate surface area is 156 Å². The summed E-state index contributed by atoms with van der Waals surface area (Å²) in [4.78, 5) is 12.4. The summed E-state index contributed by atoms with van der Waals surface area (Å²) in [6.07, 6.45) is 3.14. The maximum absolute atomic E-state index is 12.4. The molecular formula is C22H19N3O2. The van der Waals surface area contributed by atoms with Crippen molar-refractivity contribution in [3.05, 3.63) is 83.9 Å². The molecule has 0 aliphatic carbocycles. The molecule has 0 unspecified atom stereocenters. The number of nitrogens with one attached hydrogen (secondary N) is 1. The number of nitrogens with zero attached hydrogens (tertiary/aromatic N) is 2. The average Bonchev–Trinajstić information content (AvgIpc) is 3.23. The van der Waals surface area contributed by atoms with Crippen LogP contribution < -0.4 is 5.32 Å². The number of hydrogen-bond donors (Lipinski definition) is 1. The zero-order valence-corrected chi connectivity index (χ0v) is 15.1. The third kappa shape index (κ3) is 3.40. The van der Waals surface area contributed by atoms with E-state index in [2.05, 4.69) is 10.4 Å². The van der Waals surface area contributed by atoms with Crippen LogP contribution in [0.4, 0.5) is 5.69 Å². The molecule has 2 heterocycles. The number of aromatic nitrogens is 2. The Balaban J connectivity index is 1.53. The number of carbonyl (C=O) groups excluding carboxylic acids is 1. The molecule has 0 saturated heterocycles. The van der Waals surface area contributed by atoms with Crippen molar-refractivity contribution in [3.8, 4) is 5.69 Å². The highest BCUT2D eigenvalue weighted by Crippen LogP contribution is 2.23. The molecule has 4 aromatic rings. The molecule has 0 aliphatic rings. The first-order valence-electron chi connectivity index (χ1n) is 8.71. The zero-order valence-electron chi connectivity index (χ0n) is 15.1. The van der Waals surface area contributed by atoms with Gasteiger partial charge in [-0.25, -0.2) is 4.68 Å². The number of amides is 1. The fourth-order valence-corrected chi connectivity index (χ4v) is 3.05. The zero-order chi connectivity index (χ0) is 18.8. The summed E-state index contributed by atoms with van der Waals surface area (Å²) in [5.74, 6) is 0.411. The summed E-state index contributed by atoms with van der Waals surface area (Å²) in [7, 11) is 0. The number of para-hydroxylation sites is 2. The van der Waals surface area contributed by atoms with Gasteiger partial charge in [0.05, 0.1) is 22.8 Å². The Hall–Kier alpha value is -3.60. The maximum atomic E-state index is 12.4. The highest BCUT2D eigenvalue weighted by molar-refractivity contribution is 6.02. The second-order valence-corrected chi connectivity index (χ2v) is 6.30. The third-order valence-electron chi connectivity index (χ3n) is 4.38. The number of furan rings is 1. The van der Waals surface area contributed by atoms with Crippen LogP contribution in [0.3, 0.4) is 0 Å². The Morgan fingerprint density at radius 2 is 1.81 bits per heavy atom. The van der Waals surface area contributed by atoms with E-state index >= 15 is 0 Å². The van der Waals surface area contributed by atoms with Crippen LogP contribution >= 0.6 is 0 Å². The molecule has 0 radical (unpaired) electrons. The largest absolute Gasteiger partial charge is 0.457 e. The van der Waals surface area contributed by atoms with E-state index in [0.717, 1.165) is 33.7 Å². The number of benzene rings is 2. The molecule has 0 aliphatic heterocycles. The lowest BCUT2D eigenvalue weighted by atomic mass is 10.2. The second-order valence-electron chi connectivity index (χ2n) is 6.30. The molecule has 0 bridgehead atoms. The normalized spacial score (nSPS) is 11.3. The Kier molecular flexibility index (Phi) is 4.34. The Morgan fingerprint density at radius 1 is 1.07 bits per heavy atom. The Bertz CT molecular complexity index is 1100. The molecule has 0 fully saturated rings. The molecule has 5 heteroatoms. The topological polar surface area (TPSA) is 60.1 Å². The number of rotatable bonds is 4. The first-order chi connectivity index (χ1) is 13.1. The number of anilines is 1. The van der Waals surface area contributed by atoms with E-state index in [1.165, 1.54) is 6.08 Å². The van der Waals surface area contributed by atoms with Gasteiger partial charge in [0.15, 0.2) is 0 Å². The van der Waals surface area contributed by atoms with E-state index in [-0.39, 0.29) is 5.91 Å². The van der Waals surface area contributed by atoms with Crippen molar-refractivity contribution >= 4 is 28.6 Å². The van der Waals surface area contributed by atoms with Crippen molar-refractivity contribution in [2.75, 3.05) is 5.32 Å². The van der Waals surface area contributed by atoms with Gasteiger partial charge in [-0.2, -0.15) is 5.10 Å². The van der Waals surface area contributed by atoms with E-state index in [4.69, 9.17) is 4.42 Å². The van der Waals surface area contributed by atoms with Crippen LogP contribution in [0.25, 0.3) is 22.7 Å². The van der Waals surface area contributed by atoms with Gasteiger partial charge in [0.1, 0.15) is 11.3 Å². The summed E-state index contributed by atoms with van der Waals surface area (Å²) >= 11 is 0. The van der Waals surface area contributed by atoms with Gasteiger partial charge in [-0.05, 0) is 44.2 Å². The van der Waals surface area contributed by atoms with E-state index in [0.29, 0.717) is 5.76 Å². The summed E-state index contributed by atoms with van der Waals surface area (Å²) in [5, 5.41) is 8.47. The quantitative estimate of drug-likeness (QED) is 0.529. The molecule has 2 aromatic carbocycles. The number of hydrogen-bond acceptors (Lipinski definition) is 3. The van der Waals surface area contributed by atoms with Crippen LogP contribution in [0.15, 0.2) is 71.2 Å². The van der Waals surface area contributed by atoms with Gasteiger partial charge in [-0.15, -0.1) is 0 Å². The van der Waals surface area contributed by atoms with Gasteiger partial charge in [0, 0.05) is 11.5 Å². The molecule has 0 saturated carbocycles. The number of fused-ring (bicyclic) bond motifs is 1. The lowest BCUT2D eigenvalue weighted by Crippen LogP contribution is -2.09. The van der Waals surface area contributed by atoms with E-state index < -0.39 is 0 Å². The Morgan fingerprint density at radius 3 is 2.59 bits per heavy atom. The third-order valence-corrected chi connectivity index (χ3v) is 4.38. The van der Waals surface area contributed by atoms with Gasteiger partial charge >= 0.3 is 0 Å². The summed E-state index contributed by atoms with van der Waals surface area (Å²) < 4.78 is 7.52. The van der Waals surface area contributed by atoms with Crippen molar-refractivity contribution < 1.29 is 9.21 Å². The lowest BCUT2D eigenvalue weighted by molar-refractivity contribution is -0.111. The van der Waals surface area contributed by atoms with E-state index in [1.54, 1.807) is 6.08 Å². The molecule has 1 amide bonds.